The number of benzene rings is 2. The lowest BCUT2D eigenvalue weighted by atomic mass is 9.96. The SMILES string of the molecule is O=C(CC(CCn1nnc2ccccc2c1=O)C(=O)O)c1noc2cc(OCC3CCOCC3)ccc12. The number of carboxylic acids is 1. The van der Waals surface area contributed by atoms with Crippen molar-refractivity contribution in [2.45, 2.75) is 32.2 Å². The van der Waals surface area contributed by atoms with Crippen LogP contribution in [-0.4, -0.2) is 56.8 Å². The van der Waals surface area contributed by atoms with E-state index in [-0.39, 0.29) is 30.6 Å². The highest BCUT2D eigenvalue weighted by molar-refractivity contribution is 6.06. The number of nitrogens with zero attached hydrogens (tertiary/aromatic N) is 4. The standard InChI is InChI=1S/C26H26N4O7/c31-22(13-17(26(33)34)7-10-30-25(32)19-3-1-2-4-21(19)27-29-30)24-20-6-5-18(14-23(20)37-28-24)36-15-16-8-11-35-12-9-16/h1-6,14,16-17H,7-13,15H2,(H,33,34). The van der Waals surface area contributed by atoms with Crippen molar-refractivity contribution in [3.05, 3.63) is 58.5 Å². The maximum Gasteiger partial charge on any atom is 0.307 e. The molecule has 1 N–H and O–H groups in total. The van der Waals surface area contributed by atoms with Gasteiger partial charge in [-0.25, -0.2) is 4.68 Å². The lowest BCUT2D eigenvalue weighted by Crippen LogP contribution is -2.27. The Balaban J connectivity index is 1.24. The zero-order valence-corrected chi connectivity index (χ0v) is 20.0. The summed E-state index contributed by atoms with van der Waals surface area (Å²) in [6.45, 7) is 2.06. The lowest BCUT2D eigenvalue weighted by Gasteiger charge is -2.21. The van der Waals surface area contributed by atoms with Crippen LogP contribution in [0.1, 0.15) is 36.2 Å². The second-order valence-corrected chi connectivity index (χ2v) is 9.14. The van der Waals surface area contributed by atoms with Gasteiger partial charge in [-0.05, 0) is 49.4 Å². The Bertz CT molecular complexity index is 1490. The molecular formula is C26H26N4O7. The molecule has 3 heterocycles. The largest absolute Gasteiger partial charge is 0.493 e. The van der Waals surface area contributed by atoms with E-state index in [0.717, 1.165) is 30.7 Å². The first kappa shape index (κ1) is 24.6. The predicted molar refractivity (Wildman–Crippen MR) is 132 cm³/mol. The molecule has 5 rings (SSSR count). The number of fused-ring (bicyclic) bond motifs is 2. The van der Waals surface area contributed by atoms with Gasteiger partial charge in [0.25, 0.3) is 5.56 Å². The van der Waals surface area contributed by atoms with E-state index >= 15 is 0 Å². The molecule has 0 bridgehead atoms. The van der Waals surface area contributed by atoms with Crippen molar-refractivity contribution in [1.29, 1.82) is 0 Å². The molecule has 1 fully saturated rings. The average molecular weight is 507 g/mol. The van der Waals surface area contributed by atoms with Crippen LogP contribution in [0.2, 0.25) is 0 Å². The molecule has 0 spiro atoms. The number of carbonyl (C=O) groups is 2. The predicted octanol–water partition coefficient (Wildman–Crippen LogP) is 3.10. The molecule has 11 nitrogen and oxygen atoms in total. The molecule has 2 aromatic heterocycles. The van der Waals surface area contributed by atoms with Crippen LogP contribution in [0.5, 0.6) is 5.75 Å². The number of hydrogen-bond donors (Lipinski definition) is 1. The van der Waals surface area contributed by atoms with Crippen molar-refractivity contribution in [2.24, 2.45) is 11.8 Å². The van der Waals surface area contributed by atoms with Crippen LogP contribution >= 0.6 is 0 Å². The van der Waals surface area contributed by atoms with Crippen molar-refractivity contribution < 1.29 is 28.7 Å². The number of Topliss-reactive ketones (excluding diaryl/α,β-unsaturated/α-hetero) is 1. The van der Waals surface area contributed by atoms with E-state index < -0.39 is 17.7 Å². The summed E-state index contributed by atoms with van der Waals surface area (Å²) >= 11 is 0. The van der Waals surface area contributed by atoms with Crippen molar-refractivity contribution in [2.75, 3.05) is 19.8 Å². The smallest absolute Gasteiger partial charge is 0.307 e. The maximum atomic E-state index is 13.0. The second-order valence-electron chi connectivity index (χ2n) is 9.14. The van der Waals surface area contributed by atoms with Crippen LogP contribution in [0.25, 0.3) is 21.9 Å². The number of carboxylic acid groups (broad SMARTS) is 1. The van der Waals surface area contributed by atoms with Gasteiger partial charge in [-0.15, -0.1) is 5.10 Å². The van der Waals surface area contributed by atoms with Crippen LogP contribution in [0.15, 0.2) is 51.8 Å². The Morgan fingerprint density at radius 3 is 2.76 bits per heavy atom. The van der Waals surface area contributed by atoms with E-state index in [1.807, 2.05) is 0 Å². The minimum absolute atomic E-state index is 0.00823. The number of carbonyl (C=O) groups excluding carboxylic acids is 1. The first-order chi connectivity index (χ1) is 18.0. The molecule has 37 heavy (non-hydrogen) atoms. The third kappa shape index (κ3) is 5.51. The highest BCUT2D eigenvalue weighted by atomic mass is 16.5. The van der Waals surface area contributed by atoms with Crippen molar-refractivity contribution >= 4 is 33.6 Å². The summed E-state index contributed by atoms with van der Waals surface area (Å²) < 4.78 is 17.7. The number of aryl methyl sites for hydroxylation is 1. The molecular weight excluding hydrogens is 480 g/mol. The second kappa shape index (κ2) is 10.9. The van der Waals surface area contributed by atoms with Crippen LogP contribution in [0.4, 0.5) is 0 Å². The average Bonchev–Trinajstić information content (AvgIpc) is 3.35. The van der Waals surface area contributed by atoms with E-state index in [9.17, 15) is 19.5 Å². The minimum atomic E-state index is -1.15. The van der Waals surface area contributed by atoms with Crippen molar-refractivity contribution in [3.8, 4) is 5.75 Å². The number of hydrogen-bond acceptors (Lipinski definition) is 9. The first-order valence-electron chi connectivity index (χ1n) is 12.2. The molecule has 1 aliphatic heterocycles. The first-order valence-corrected chi connectivity index (χ1v) is 12.2. The van der Waals surface area contributed by atoms with Gasteiger partial charge >= 0.3 is 5.97 Å². The maximum absolute atomic E-state index is 13.0. The van der Waals surface area contributed by atoms with Crippen LogP contribution in [0.3, 0.4) is 0 Å². The molecule has 1 saturated heterocycles. The fraction of sp³-hybridized carbons (Fsp3) is 0.385. The van der Waals surface area contributed by atoms with Gasteiger partial charge in [0.2, 0.25) is 0 Å². The zero-order chi connectivity index (χ0) is 25.8. The summed E-state index contributed by atoms with van der Waals surface area (Å²) in [5.74, 6) is -1.60. The molecule has 192 valence electrons. The zero-order valence-electron chi connectivity index (χ0n) is 20.0. The van der Waals surface area contributed by atoms with E-state index in [1.54, 1.807) is 42.5 Å². The Morgan fingerprint density at radius 1 is 1.14 bits per heavy atom. The molecule has 1 unspecified atom stereocenters. The fourth-order valence-electron chi connectivity index (χ4n) is 4.42. The molecule has 2 aromatic carbocycles. The Labute approximate surface area is 211 Å². The highest BCUT2D eigenvalue weighted by Crippen LogP contribution is 2.27. The van der Waals surface area contributed by atoms with Crippen LogP contribution in [0, 0.1) is 11.8 Å². The van der Waals surface area contributed by atoms with Gasteiger partial charge in [-0.2, -0.15) is 0 Å². The number of rotatable bonds is 10. The van der Waals surface area contributed by atoms with Gasteiger partial charge in [0, 0.05) is 32.2 Å². The monoisotopic (exact) mass is 506 g/mol. The van der Waals surface area contributed by atoms with Gasteiger partial charge in [-0.1, -0.05) is 22.5 Å². The van der Waals surface area contributed by atoms with Gasteiger partial charge in [0.1, 0.15) is 11.3 Å². The third-order valence-electron chi connectivity index (χ3n) is 6.63. The topological polar surface area (TPSA) is 147 Å². The Kier molecular flexibility index (Phi) is 7.22. The van der Waals surface area contributed by atoms with Crippen LogP contribution in [-0.2, 0) is 16.1 Å². The number of aliphatic carboxylic acids is 1. The summed E-state index contributed by atoms with van der Waals surface area (Å²) in [6.07, 6.45) is 1.63. The normalized spacial score (nSPS) is 15.1. The summed E-state index contributed by atoms with van der Waals surface area (Å²) in [5, 5.41) is 22.4. The molecule has 0 amide bonds. The van der Waals surface area contributed by atoms with E-state index in [1.165, 1.54) is 0 Å². The molecule has 1 aliphatic rings. The Hall–Kier alpha value is -4.12. The quantitative estimate of drug-likeness (QED) is 0.318. The third-order valence-corrected chi connectivity index (χ3v) is 6.63. The number of ketones is 1. The number of aromatic nitrogens is 4. The van der Waals surface area contributed by atoms with Gasteiger partial charge in [-0.3, -0.25) is 14.4 Å². The summed E-state index contributed by atoms with van der Waals surface area (Å²) in [4.78, 5) is 37.5. The summed E-state index contributed by atoms with van der Waals surface area (Å²) in [6, 6.07) is 11.9. The fourth-order valence-corrected chi connectivity index (χ4v) is 4.42. The van der Waals surface area contributed by atoms with Crippen LogP contribution < -0.4 is 10.3 Å². The summed E-state index contributed by atoms with van der Waals surface area (Å²) in [5.41, 5.74) is 0.555. The minimum Gasteiger partial charge on any atom is -0.493 e. The number of ether oxygens (including phenoxy) is 2. The van der Waals surface area contributed by atoms with E-state index in [4.69, 9.17) is 14.0 Å². The van der Waals surface area contributed by atoms with E-state index in [2.05, 4.69) is 15.5 Å². The van der Waals surface area contributed by atoms with Crippen molar-refractivity contribution in [3.63, 3.8) is 0 Å². The summed E-state index contributed by atoms with van der Waals surface area (Å²) in [7, 11) is 0. The molecule has 11 heteroatoms. The highest BCUT2D eigenvalue weighted by Gasteiger charge is 2.26. The molecule has 0 aliphatic carbocycles. The van der Waals surface area contributed by atoms with Crippen molar-refractivity contribution in [1.82, 2.24) is 20.2 Å². The van der Waals surface area contributed by atoms with Gasteiger partial charge < -0.3 is 19.1 Å². The molecule has 0 saturated carbocycles. The van der Waals surface area contributed by atoms with E-state index in [0.29, 0.717) is 40.1 Å². The van der Waals surface area contributed by atoms with Gasteiger partial charge in [0.15, 0.2) is 17.1 Å². The Morgan fingerprint density at radius 2 is 1.95 bits per heavy atom. The lowest BCUT2D eigenvalue weighted by molar-refractivity contribution is -0.142. The molecule has 0 radical (unpaired) electrons. The molecule has 1 atom stereocenters. The molecule has 4 aromatic rings. The van der Waals surface area contributed by atoms with Gasteiger partial charge in [0.05, 0.1) is 23.3 Å².